The number of aromatic nitrogens is 8. The zero-order chi connectivity index (χ0) is 20.9. The van der Waals surface area contributed by atoms with Crippen molar-refractivity contribution in [2.75, 3.05) is 5.73 Å². The molecule has 9 nitrogen and oxygen atoms in total. The summed E-state index contributed by atoms with van der Waals surface area (Å²) in [5, 5.41) is 9.37. The number of anilines is 1. The number of nitrogens with two attached hydrogens (primary N) is 1. The van der Waals surface area contributed by atoms with Gasteiger partial charge in [0.15, 0.2) is 5.65 Å². The first-order valence-electron chi connectivity index (χ1n) is 9.70. The molecule has 0 radical (unpaired) electrons. The van der Waals surface area contributed by atoms with Crippen LogP contribution in [0.3, 0.4) is 0 Å². The van der Waals surface area contributed by atoms with E-state index in [9.17, 15) is 0 Å². The molecule has 0 atom stereocenters. The first-order chi connectivity index (χ1) is 15.2. The number of nitrogens with one attached hydrogen (secondary N) is 2. The molecule has 0 fully saturated rings. The number of aryl methyl sites for hydroxylation is 1. The van der Waals surface area contributed by atoms with Crippen LogP contribution in [0.2, 0.25) is 0 Å². The number of nitrogen functional groups attached to an aromatic ring is 1. The monoisotopic (exact) mass is 407 g/mol. The first-order valence-corrected chi connectivity index (χ1v) is 9.70. The second kappa shape index (κ2) is 6.49. The third-order valence-corrected chi connectivity index (χ3v) is 5.27. The van der Waals surface area contributed by atoms with Crippen LogP contribution >= 0.6 is 0 Å². The molecule has 6 heterocycles. The first kappa shape index (κ1) is 17.3. The van der Waals surface area contributed by atoms with Gasteiger partial charge in [-0.1, -0.05) is 0 Å². The van der Waals surface area contributed by atoms with Crippen molar-refractivity contribution in [2.45, 2.75) is 6.92 Å². The normalized spacial score (nSPS) is 11.5. The van der Waals surface area contributed by atoms with Crippen molar-refractivity contribution >= 4 is 27.8 Å². The van der Waals surface area contributed by atoms with E-state index in [4.69, 9.17) is 5.73 Å². The molecule has 150 valence electrons. The molecule has 6 aromatic rings. The number of imidazole rings is 1. The molecule has 6 rings (SSSR count). The fourth-order valence-corrected chi connectivity index (χ4v) is 3.80. The van der Waals surface area contributed by atoms with Crippen LogP contribution in [0.15, 0.2) is 61.6 Å². The zero-order valence-electron chi connectivity index (χ0n) is 16.5. The van der Waals surface area contributed by atoms with E-state index >= 15 is 0 Å². The van der Waals surface area contributed by atoms with Crippen LogP contribution in [0, 0.1) is 6.92 Å². The number of hydrogen-bond acceptors (Lipinski definition) is 6. The van der Waals surface area contributed by atoms with Gasteiger partial charge in [0, 0.05) is 52.9 Å². The molecule has 0 bridgehead atoms. The van der Waals surface area contributed by atoms with Crippen LogP contribution in [0.1, 0.15) is 5.69 Å². The minimum absolute atomic E-state index is 0.606. The number of rotatable bonds is 3. The standard InChI is InChI=1S/C22H17N9/c1-12-10-31(11-27-12)19-2-3-25-21-16(19)6-18(28-21)20-17-5-14(8-26-22(17)30-29-20)13-4-15(23)9-24-7-13/h2-11H,23H2,1H3,(H,25,28)(H,26,29,30). The van der Waals surface area contributed by atoms with Crippen LogP contribution in [0.5, 0.6) is 0 Å². The minimum Gasteiger partial charge on any atom is -0.397 e. The van der Waals surface area contributed by atoms with E-state index in [2.05, 4.69) is 41.2 Å². The molecule has 9 heteroatoms. The highest BCUT2D eigenvalue weighted by Crippen LogP contribution is 2.32. The molecule has 0 aliphatic heterocycles. The Morgan fingerprint density at radius 2 is 1.87 bits per heavy atom. The van der Waals surface area contributed by atoms with E-state index in [1.165, 1.54) is 0 Å². The average Bonchev–Trinajstić information content (AvgIpc) is 3.50. The van der Waals surface area contributed by atoms with Gasteiger partial charge in [0.05, 0.1) is 34.8 Å². The maximum atomic E-state index is 5.90. The molecule has 0 spiro atoms. The minimum atomic E-state index is 0.606. The highest BCUT2D eigenvalue weighted by molar-refractivity contribution is 5.97. The summed E-state index contributed by atoms with van der Waals surface area (Å²) in [6.07, 6.45) is 10.7. The van der Waals surface area contributed by atoms with Gasteiger partial charge in [-0.25, -0.2) is 15.0 Å². The molecule has 4 N–H and O–H groups in total. The van der Waals surface area contributed by atoms with Crippen molar-refractivity contribution in [3.05, 3.63) is 67.3 Å². The van der Waals surface area contributed by atoms with Gasteiger partial charge >= 0.3 is 0 Å². The van der Waals surface area contributed by atoms with Crippen LogP contribution in [0.4, 0.5) is 5.69 Å². The fourth-order valence-electron chi connectivity index (χ4n) is 3.80. The summed E-state index contributed by atoms with van der Waals surface area (Å²) < 4.78 is 1.99. The smallest absolute Gasteiger partial charge is 0.181 e. The number of aromatic amines is 2. The second-order valence-corrected chi connectivity index (χ2v) is 7.40. The molecule has 0 unspecified atom stereocenters. The van der Waals surface area contributed by atoms with Gasteiger partial charge in [0.25, 0.3) is 0 Å². The van der Waals surface area contributed by atoms with Gasteiger partial charge in [0.2, 0.25) is 0 Å². The molecule has 0 amide bonds. The number of pyridine rings is 3. The number of hydrogen-bond donors (Lipinski definition) is 3. The van der Waals surface area contributed by atoms with E-state index in [-0.39, 0.29) is 0 Å². The van der Waals surface area contributed by atoms with Crippen molar-refractivity contribution in [1.82, 2.24) is 39.7 Å². The largest absolute Gasteiger partial charge is 0.397 e. The number of nitrogens with zero attached hydrogens (tertiary/aromatic N) is 6. The zero-order valence-corrected chi connectivity index (χ0v) is 16.5. The second-order valence-electron chi connectivity index (χ2n) is 7.40. The summed E-state index contributed by atoms with van der Waals surface area (Å²) >= 11 is 0. The molecule has 31 heavy (non-hydrogen) atoms. The van der Waals surface area contributed by atoms with E-state index in [1.807, 2.05) is 35.9 Å². The summed E-state index contributed by atoms with van der Waals surface area (Å²) in [5.41, 5.74) is 13.4. The Balaban J connectivity index is 1.51. The van der Waals surface area contributed by atoms with Crippen LogP contribution in [0.25, 0.3) is 50.3 Å². The molecule has 6 aromatic heterocycles. The molecule has 0 aliphatic rings. The average molecular weight is 407 g/mol. The maximum absolute atomic E-state index is 5.90. The Morgan fingerprint density at radius 1 is 0.968 bits per heavy atom. The van der Waals surface area contributed by atoms with E-state index in [1.54, 1.807) is 31.1 Å². The molecular weight excluding hydrogens is 390 g/mol. The molecule has 0 aliphatic carbocycles. The topological polar surface area (TPSA) is 127 Å². The predicted octanol–water partition coefficient (Wildman–Crippen LogP) is 3.64. The SMILES string of the molecule is Cc1cn(-c2ccnc3[nH]c(-c4[nH]nc5ncc(-c6cncc(N)c6)cc45)cc23)cn1. The van der Waals surface area contributed by atoms with E-state index in [0.717, 1.165) is 50.3 Å². The van der Waals surface area contributed by atoms with Crippen LogP contribution in [-0.4, -0.2) is 39.7 Å². The lowest BCUT2D eigenvalue weighted by Gasteiger charge is -2.02. The third-order valence-electron chi connectivity index (χ3n) is 5.27. The summed E-state index contributed by atoms with van der Waals surface area (Å²) in [6.45, 7) is 1.97. The lowest BCUT2D eigenvalue weighted by atomic mass is 10.1. The van der Waals surface area contributed by atoms with Gasteiger partial charge in [0.1, 0.15) is 5.65 Å². The summed E-state index contributed by atoms with van der Waals surface area (Å²) in [6, 6.07) is 7.95. The van der Waals surface area contributed by atoms with Crippen LogP contribution in [-0.2, 0) is 0 Å². The van der Waals surface area contributed by atoms with Gasteiger partial charge in [-0.15, -0.1) is 0 Å². The Labute approximate surface area is 176 Å². The Bertz CT molecular complexity index is 1570. The van der Waals surface area contributed by atoms with Gasteiger partial charge in [-0.05, 0) is 31.2 Å². The van der Waals surface area contributed by atoms with Crippen molar-refractivity contribution in [3.63, 3.8) is 0 Å². The maximum Gasteiger partial charge on any atom is 0.181 e. The van der Waals surface area contributed by atoms with Gasteiger partial charge in [-0.2, -0.15) is 5.10 Å². The van der Waals surface area contributed by atoms with Crippen molar-refractivity contribution in [3.8, 4) is 28.2 Å². The predicted molar refractivity (Wildman–Crippen MR) is 118 cm³/mol. The van der Waals surface area contributed by atoms with Gasteiger partial charge < -0.3 is 15.3 Å². The lowest BCUT2D eigenvalue weighted by molar-refractivity contribution is 1.06. The van der Waals surface area contributed by atoms with Crippen molar-refractivity contribution in [2.24, 2.45) is 0 Å². The number of H-pyrrole nitrogens is 2. The quantitative estimate of drug-likeness (QED) is 0.411. The summed E-state index contributed by atoms with van der Waals surface area (Å²) in [4.78, 5) is 20.9. The molecular formula is C22H17N9. The van der Waals surface area contributed by atoms with Gasteiger partial charge in [-0.3, -0.25) is 10.1 Å². The lowest BCUT2D eigenvalue weighted by Crippen LogP contribution is -1.91. The molecule has 0 aromatic carbocycles. The Kier molecular flexibility index (Phi) is 3.63. The van der Waals surface area contributed by atoms with Crippen molar-refractivity contribution < 1.29 is 0 Å². The molecule has 0 saturated heterocycles. The van der Waals surface area contributed by atoms with E-state index < -0.39 is 0 Å². The number of fused-ring (bicyclic) bond motifs is 2. The summed E-state index contributed by atoms with van der Waals surface area (Å²) in [5.74, 6) is 0. The van der Waals surface area contributed by atoms with Crippen LogP contribution < -0.4 is 5.73 Å². The summed E-state index contributed by atoms with van der Waals surface area (Å²) in [7, 11) is 0. The van der Waals surface area contributed by atoms with Crippen molar-refractivity contribution in [1.29, 1.82) is 0 Å². The Hall–Kier alpha value is -4.53. The van der Waals surface area contributed by atoms with E-state index in [0.29, 0.717) is 11.3 Å². The fraction of sp³-hybridized carbons (Fsp3) is 0.0455. The highest BCUT2D eigenvalue weighted by atomic mass is 15.2. The highest BCUT2D eigenvalue weighted by Gasteiger charge is 2.15. The Morgan fingerprint density at radius 3 is 2.71 bits per heavy atom. The molecule has 0 saturated carbocycles. The third kappa shape index (κ3) is 2.83.